The molecule has 3 rings (SSSR count). The number of nitrogens with two attached hydrogens (primary N) is 1. The first-order valence-corrected chi connectivity index (χ1v) is 7.99. The number of hydrogen-bond acceptors (Lipinski definition) is 6. The van der Waals surface area contributed by atoms with Crippen LogP contribution in [0.1, 0.15) is 56.1 Å². The molecule has 1 fully saturated rings. The maximum Gasteiger partial charge on any atom is 0.215 e. The van der Waals surface area contributed by atoms with Gasteiger partial charge in [0.05, 0.1) is 0 Å². The number of carbonyl (C=O) groups excluding carboxylic acids is 1. The highest BCUT2D eigenvalue weighted by molar-refractivity contribution is 5.81. The van der Waals surface area contributed by atoms with Crippen LogP contribution in [0.25, 0.3) is 0 Å². The Hall–Kier alpha value is -2.37. The number of hydrogen-bond donors (Lipinski definition) is 2. The van der Waals surface area contributed by atoms with Crippen LogP contribution < -0.4 is 11.1 Å². The molecule has 0 unspecified atom stereocenters. The van der Waals surface area contributed by atoms with Crippen molar-refractivity contribution < 1.29 is 9.42 Å². The number of aromatic nitrogens is 2. The molecule has 0 spiro atoms. The van der Waals surface area contributed by atoms with Crippen LogP contribution in [0.4, 0.5) is 11.6 Å². The molecule has 2 aromatic rings. The molecule has 2 atom stereocenters. The summed E-state index contributed by atoms with van der Waals surface area (Å²) in [7, 11) is 0. The minimum Gasteiger partial charge on any atom is -0.378 e. The SMILES string of the molecule is CC(C)c1ccc([C@H]2CC(=O)C[C@H](Nc3nonc3N)C2)cc1. The molecule has 0 saturated heterocycles. The average molecular weight is 314 g/mol. The number of anilines is 2. The van der Waals surface area contributed by atoms with Crippen LogP contribution in [0.2, 0.25) is 0 Å². The van der Waals surface area contributed by atoms with Gasteiger partial charge in [-0.15, -0.1) is 0 Å². The highest BCUT2D eigenvalue weighted by Crippen LogP contribution is 2.33. The Balaban J connectivity index is 1.72. The van der Waals surface area contributed by atoms with Crippen LogP contribution in [0, 0.1) is 0 Å². The molecule has 1 heterocycles. The fraction of sp³-hybridized carbons (Fsp3) is 0.471. The predicted octanol–water partition coefficient (Wildman–Crippen LogP) is 3.09. The van der Waals surface area contributed by atoms with E-state index in [1.54, 1.807) is 0 Å². The summed E-state index contributed by atoms with van der Waals surface area (Å²) in [5, 5.41) is 10.5. The van der Waals surface area contributed by atoms with E-state index in [0.29, 0.717) is 24.6 Å². The summed E-state index contributed by atoms with van der Waals surface area (Å²) in [5.74, 6) is 1.62. The van der Waals surface area contributed by atoms with Gasteiger partial charge in [-0.2, -0.15) is 0 Å². The van der Waals surface area contributed by atoms with Gasteiger partial charge >= 0.3 is 0 Å². The Morgan fingerprint density at radius 1 is 1.22 bits per heavy atom. The van der Waals surface area contributed by atoms with Gasteiger partial charge in [0.25, 0.3) is 0 Å². The molecule has 1 aliphatic carbocycles. The van der Waals surface area contributed by atoms with Crippen molar-refractivity contribution >= 4 is 17.4 Å². The minimum atomic E-state index is 0.000209. The normalized spacial score (nSPS) is 21.6. The molecule has 1 aromatic heterocycles. The molecular formula is C17H22N4O2. The van der Waals surface area contributed by atoms with E-state index in [2.05, 4.69) is 58.4 Å². The van der Waals surface area contributed by atoms with E-state index in [1.165, 1.54) is 11.1 Å². The summed E-state index contributed by atoms with van der Waals surface area (Å²) in [4.78, 5) is 12.1. The smallest absolute Gasteiger partial charge is 0.215 e. The van der Waals surface area contributed by atoms with E-state index in [0.717, 1.165) is 6.42 Å². The lowest BCUT2D eigenvalue weighted by Crippen LogP contribution is -2.31. The fourth-order valence-electron chi connectivity index (χ4n) is 3.15. The van der Waals surface area contributed by atoms with Crippen molar-refractivity contribution in [3.05, 3.63) is 35.4 Å². The number of benzene rings is 1. The molecule has 0 aliphatic heterocycles. The molecule has 1 aromatic carbocycles. The lowest BCUT2D eigenvalue weighted by Gasteiger charge is -2.29. The topological polar surface area (TPSA) is 94.0 Å². The zero-order chi connectivity index (χ0) is 16.4. The third-order valence-corrected chi connectivity index (χ3v) is 4.45. The number of Topliss-reactive ketones (excluding diaryl/α,β-unsaturated/α-hetero) is 1. The Bertz CT molecular complexity index is 678. The largest absolute Gasteiger partial charge is 0.378 e. The third kappa shape index (κ3) is 3.52. The molecule has 0 amide bonds. The fourth-order valence-corrected chi connectivity index (χ4v) is 3.15. The average Bonchev–Trinajstić information content (AvgIpc) is 2.92. The first kappa shape index (κ1) is 15.5. The van der Waals surface area contributed by atoms with Crippen LogP contribution in [0.15, 0.2) is 28.9 Å². The summed E-state index contributed by atoms with van der Waals surface area (Å²) >= 11 is 0. The van der Waals surface area contributed by atoms with E-state index >= 15 is 0 Å². The molecule has 0 radical (unpaired) electrons. The number of nitrogen functional groups attached to an aromatic ring is 1. The number of ketones is 1. The summed E-state index contributed by atoms with van der Waals surface area (Å²) in [6.07, 6.45) is 1.93. The standard InChI is InChI=1S/C17H22N4O2/c1-10(2)11-3-5-12(6-4-11)13-7-14(9-15(22)8-13)19-17-16(18)20-23-21-17/h3-6,10,13-14H,7-9H2,1-2H3,(H2,18,20)(H,19,21)/t13-,14-/m1/s1. The van der Waals surface area contributed by atoms with Gasteiger partial charge in [-0.3, -0.25) is 4.79 Å². The minimum absolute atomic E-state index is 0.000209. The zero-order valence-electron chi connectivity index (χ0n) is 13.5. The monoisotopic (exact) mass is 314 g/mol. The highest BCUT2D eigenvalue weighted by atomic mass is 16.6. The number of nitrogens with zero attached hydrogens (tertiary/aromatic N) is 2. The van der Waals surface area contributed by atoms with Crippen molar-refractivity contribution in [2.24, 2.45) is 0 Å². The third-order valence-electron chi connectivity index (χ3n) is 4.45. The molecule has 6 nitrogen and oxygen atoms in total. The number of nitrogens with one attached hydrogen (secondary N) is 1. The van der Waals surface area contributed by atoms with Crippen LogP contribution >= 0.6 is 0 Å². The molecule has 0 bridgehead atoms. The van der Waals surface area contributed by atoms with E-state index in [9.17, 15) is 4.79 Å². The predicted molar refractivity (Wildman–Crippen MR) is 88.3 cm³/mol. The van der Waals surface area contributed by atoms with Crippen LogP contribution in [-0.2, 0) is 4.79 Å². The summed E-state index contributed by atoms with van der Waals surface area (Å²) in [6, 6.07) is 8.59. The maximum absolute atomic E-state index is 12.1. The molecule has 3 N–H and O–H groups in total. The van der Waals surface area contributed by atoms with Gasteiger partial charge in [-0.25, -0.2) is 4.63 Å². The zero-order valence-corrected chi connectivity index (χ0v) is 13.5. The Labute approximate surface area is 135 Å². The van der Waals surface area contributed by atoms with Crippen LogP contribution in [0.5, 0.6) is 0 Å². The Morgan fingerprint density at radius 2 is 1.96 bits per heavy atom. The van der Waals surface area contributed by atoms with E-state index < -0.39 is 0 Å². The Kier molecular flexibility index (Phi) is 4.32. The van der Waals surface area contributed by atoms with E-state index in [4.69, 9.17) is 5.73 Å². The van der Waals surface area contributed by atoms with Gasteiger partial charge in [-0.1, -0.05) is 38.1 Å². The summed E-state index contributed by atoms with van der Waals surface area (Å²) in [6.45, 7) is 4.35. The summed E-state index contributed by atoms with van der Waals surface area (Å²) < 4.78 is 4.59. The van der Waals surface area contributed by atoms with Crippen molar-refractivity contribution in [2.75, 3.05) is 11.1 Å². The van der Waals surface area contributed by atoms with Gasteiger partial charge < -0.3 is 11.1 Å². The second-order valence-electron chi connectivity index (χ2n) is 6.54. The van der Waals surface area contributed by atoms with Gasteiger partial charge in [0, 0.05) is 18.9 Å². The number of rotatable bonds is 4. The van der Waals surface area contributed by atoms with Crippen molar-refractivity contribution in [1.29, 1.82) is 0 Å². The van der Waals surface area contributed by atoms with Crippen LogP contribution in [-0.4, -0.2) is 22.1 Å². The van der Waals surface area contributed by atoms with E-state index in [-0.39, 0.29) is 23.6 Å². The van der Waals surface area contributed by atoms with Gasteiger partial charge in [0.1, 0.15) is 5.78 Å². The van der Waals surface area contributed by atoms with Gasteiger partial charge in [-0.05, 0) is 39.7 Å². The van der Waals surface area contributed by atoms with Crippen molar-refractivity contribution in [3.63, 3.8) is 0 Å². The maximum atomic E-state index is 12.1. The van der Waals surface area contributed by atoms with Crippen molar-refractivity contribution in [1.82, 2.24) is 10.3 Å². The second kappa shape index (κ2) is 6.40. The van der Waals surface area contributed by atoms with E-state index in [1.807, 2.05) is 0 Å². The molecule has 122 valence electrons. The Morgan fingerprint density at radius 3 is 2.57 bits per heavy atom. The number of carbonyl (C=O) groups is 1. The quantitative estimate of drug-likeness (QED) is 0.900. The molecule has 1 saturated carbocycles. The second-order valence-corrected chi connectivity index (χ2v) is 6.54. The summed E-state index contributed by atoms with van der Waals surface area (Å²) in [5.41, 5.74) is 8.19. The van der Waals surface area contributed by atoms with Crippen molar-refractivity contribution in [2.45, 2.75) is 51.0 Å². The molecule has 1 aliphatic rings. The first-order valence-electron chi connectivity index (χ1n) is 7.99. The lowest BCUT2D eigenvalue weighted by molar-refractivity contribution is -0.120. The van der Waals surface area contributed by atoms with Gasteiger partial charge in [0.2, 0.25) is 11.6 Å². The molecule has 6 heteroatoms. The first-order chi connectivity index (χ1) is 11.0. The van der Waals surface area contributed by atoms with Crippen LogP contribution in [0.3, 0.4) is 0 Å². The molecule has 23 heavy (non-hydrogen) atoms. The van der Waals surface area contributed by atoms with Crippen molar-refractivity contribution in [3.8, 4) is 0 Å². The lowest BCUT2D eigenvalue weighted by atomic mass is 9.80. The van der Waals surface area contributed by atoms with Gasteiger partial charge in [0.15, 0.2) is 0 Å². The molecular weight excluding hydrogens is 292 g/mol. The highest BCUT2D eigenvalue weighted by Gasteiger charge is 2.29.